The summed E-state index contributed by atoms with van der Waals surface area (Å²) >= 11 is 2.02. The summed E-state index contributed by atoms with van der Waals surface area (Å²) in [6, 6.07) is 0.532. The van der Waals surface area contributed by atoms with Gasteiger partial charge in [-0.25, -0.2) is 4.98 Å². The predicted molar refractivity (Wildman–Crippen MR) is 72.1 cm³/mol. The van der Waals surface area contributed by atoms with Crippen molar-refractivity contribution in [3.63, 3.8) is 0 Å². The first-order valence-electron chi connectivity index (χ1n) is 6.06. The van der Waals surface area contributed by atoms with Crippen molar-refractivity contribution in [1.82, 2.24) is 14.9 Å². The molecule has 0 fully saturated rings. The highest BCUT2D eigenvalue weighted by molar-refractivity contribution is 7.99. The van der Waals surface area contributed by atoms with Crippen LogP contribution in [0.1, 0.15) is 26.1 Å². The lowest BCUT2D eigenvalue weighted by atomic mass is 10.2. The topological polar surface area (TPSA) is 29.9 Å². The lowest BCUT2D eigenvalue weighted by Crippen LogP contribution is -2.31. The Hall–Kier alpha value is -0.480. The number of rotatable bonds is 8. The molecule has 0 aliphatic rings. The molecule has 1 N–H and O–H groups in total. The highest BCUT2D eigenvalue weighted by Gasteiger charge is 2.10. The van der Waals surface area contributed by atoms with Crippen molar-refractivity contribution < 1.29 is 0 Å². The number of nitrogens with zero attached hydrogens (tertiary/aromatic N) is 2. The average Bonchev–Trinajstić information content (AvgIpc) is 2.75. The summed E-state index contributed by atoms with van der Waals surface area (Å²) in [7, 11) is 2.04. The molecule has 0 saturated heterocycles. The quantitative estimate of drug-likeness (QED) is 0.708. The molecule has 92 valence electrons. The van der Waals surface area contributed by atoms with E-state index < -0.39 is 0 Å². The maximum atomic E-state index is 4.42. The molecular weight excluding hydrogens is 218 g/mol. The standard InChI is InChI=1S/C12H23N3S/c1-4-8-16-10-11(13-3)9-12-14-6-7-15(12)5-2/h6-7,11,13H,4-5,8-10H2,1-3H3. The SMILES string of the molecule is CCCSCC(Cc1nccn1CC)NC. The molecule has 0 saturated carbocycles. The van der Waals surface area contributed by atoms with Crippen LogP contribution < -0.4 is 5.32 Å². The molecule has 1 aromatic heterocycles. The Balaban J connectivity index is 2.43. The smallest absolute Gasteiger partial charge is 0.110 e. The highest BCUT2D eigenvalue weighted by atomic mass is 32.2. The Morgan fingerprint density at radius 2 is 2.31 bits per heavy atom. The van der Waals surface area contributed by atoms with Crippen molar-refractivity contribution in [3.8, 4) is 0 Å². The van der Waals surface area contributed by atoms with Crippen LogP contribution >= 0.6 is 11.8 Å². The first-order chi connectivity index (χ1) is 7.81. The van der Waals surface area contributed by atoms with Gasteiger partial charge in [0.05, 0.1) is 0 Å². The van der Waals surface area contributed by atoms with E-state index in [2.05, 4.69) is 34.9 Å². The van der Waals surface area contributed by atoms with Gasteiger partial charge in [-0.3, -0.25) is 0 Å². The Labute approximate surface area is 103 Å². The molecule has 1 rings (SSSR count). The van der Waals surface area contributed by atoms with E-state index in [1.807, 2.05) is 25.0 Å². The van der Waals surface area contributed by atoms with Gasteiger partial charge in [0.2, 0.25) is 0 Å². The number of aryl methyl sites for hydroxylation is 1. The number of hydrogen-bond donors (Lipinski definition) is 1. The summed E-state index contributed by atoms with van der Waals surface area (Å²) in [6.45, 7) is 5.39. The third kappa shape index (κ3) is 4.18. The zero-order valence-corrected chi connectivity index (χ0v) is 11.4. The minimum atomic E-state index is 0.532. The third-order valence-electron chi connectivity index (χ3n) is 2.65. The summed E-state index contributed by atoms with van der Waals surface area (Å²) in [4.78, 5) is 4.42. The van der Waals surface area contributed by atoms with Crippen molar-refractivity contribution >= 4 is 11.8 Å². The Kier molecular flexibility index (Phi) is 6.57. The zero-order chi connectivity index (χ0) is 11.8. The normalized spacial score (nSPS) is 12.9. The van der Waals surface area contributed by atoms with Gasteiger partial charge in [-0.1, -0.05) is 6.92 Å². The molecule has 0 bridgehead atoms. The Morgan fingerprint density at radius 1 is 1.50 bits per heavy atom. The highest BCUT2D eigenvalue weighted by Crippen LogP contribution is 2.09. The van der Waals surface area contributed by atoms with Crippen LogP contribution in [-0.2, 0) is 13.0 Å². The summed E-state index contributed by atoms with van der Waals surface area (Å²) in [5.41, 5.74) is 0. The van der Waals surface area contributed by atoms with E-state index in [1.54, 1.807) is 0 Å². The van der Waals surface area contributed by atoms with Crippen LogP contribution in [0, 0.1) is 0 Å². The second-order valence-electron chi connectivity index (χ2n) is 3.89. The minimum Gasteiger partial charge on any atom is -0.335 e. The van der Waals surface area contributed by atoms with Crippen molar-refractivity contribution in [3.05, 3.63) is 18.2 Å². The summed E-state index contributed by atoms with van der Waals surface area (Å²) in [5.74, 6) is 3.61. The third-order valence-corrected chi connectivity index (χ3v) is 3.98. The first kappa shape index (κ1) is 13.6. The van der Waals surface area contributed by atoms with Gasteiger partial charge < -0.3 is 9.88 Å². The van der Waals surface area contributed by atoms with Gasteiger partial charge in [-0.05, 0) is 26.1 Å². The van der Waals surface area contributed by atoms with Crippen LogP contribution in [0.25, 0.3) is 0 Å². The molecule has 1 heterocycles. The molecule has 0 spiro atoms. The van der Waals surface area contributed by atoms with Crippen LogP contribution in [0.2, 0.25) is 0 Å². The maximum absolute atomic E-state index is 4.42. The summed E-state index contributed by atoms with van der Waals surface area (Å²) in [5, 5.41) is 3.38. The Morgan fingerprint density at radius 3 is 2.94 bits per heavy atom. The molecule has 3 nitrogen and oxygen atoms in total. The first-order valence-corrected chi connectivity index (χ1v) is 7.22. The second-order valence-corrected chi connectivity index (χ2v) is 5.04. The van der Waals surface area contributed by atoms with Gasteiger partial charge >= 0.3 is 0 Å². The minimum absolute atomic E-state index is 0.532. The van der Waals surface area contributed by atoms with Gasteiger partial charge in [0.1, 0.15) is 5.82 Å². The number of hydrogen-bond acceptors (Lipinski definition) is 3. The monoisotopic (exact) mass is 241 g/mol. The molecule has 0 radical (unpaired) electrons. The summed E-state index contributed by atoms with van der Waals surface area (Å²) in [6.07, 6.45) is 6.23. The largest absolute Gasteiger partial charge is 0.335 e. The van der Waals surface area contributed by atoms with E-state index in [0.29, 0.717) is 6.04 Å². The number of aromatic nitrogens is 2. The van der Waals surface area contributed by atoms with E-state index >= 15 is 0 Å². The Bertz CT molecular complexity index is 286. The fraction of sp³-hybridized carbons (Fsp3) is 0.750. The number of thioether (sulfide) groups is 1. The molecule has 1 atom stereocenters. The van der Waals surface area contributed by atoms with Crippen LogP contribution in [0.5, 0.6) is 0 Å². The van der Waals surface area contributed by atoms with Gasteiger partial charge in [0.15, 0.2) is 0 Å². The number of likely N-dealkylation sites (N-methyl/N-ethyl adjacent to an activating group) is 1. The van der Waals surface area contributed by atoms with Crippen molar-refractivity contribution in [2.24, 2.45) is 0 Å². The lowest BCUT2D eigenvalue weighted by molar-refractivity contribution is 0.573. The van der Waals surface area contributed by atoms with Crippen molar-refractivity contribution in [2.45, 2.75) is 39.3 Å². The molecule has 0 aromatic carbocycles. The molecular formula is C12H23N3S. The summed E-state index contributed by atoms with van der Waals surface area (Å²) < 4.78 is 2.22. The van der Waals surface area contributed by atoms with E-state index in [-0.39, 0.29) is 0 Å². The zero-order valence-electron chi connectivity index (χ0n) is 10.6. The number of nitrogens with one attached hydrogen (secondary N) is 1. The second kappa shape index (κ2) is 7.74. The molecule has 1 aromatic rings. The molecule has 4 heteroatoms. The van der Waals surface area contributed by atoms with Crippen molar-refractivity contribution in [1.29, 1.82) is 0 Å². The van der Waals surface area contributed by atoms with Crippen LogP contribution in [0.4, 0.5) is 0 Å². The van der Waals surface area contributed by atoms with Gasteiger partial charge in [-0.2, -0.15) is 11.8 Å². The molecule has 0 amide bonds. The van der Waals surface area contributed by atoms with Gasteiger partial charge in [-0.15, -0.1) is 0 Å². The molecule has 0 aliphatic heterocycles. The fourth-order valence-electron chi connectivity index (χ4n) is 1.65. The number of imidazole rings is 1. The van der Waals surface area contributed by atoms with E-state index in [1.165, 1.54) is 23.8 Å². The van der Waals surface area contributed by atoms with Crippen molar-refractivity contribution in [2.75, 3.05) is 18.6 Å². The maximum Gasteiger partial charge on any atom is 0.110 e. The van der Waals surface area contributed by atoms with Crippen LogP contribution in [0.15, 0.2) is 12.4 Å². The fourth-order valence-corrected chi connectivity index (χ4v) is 2.68. The van der Waals surface area contributed by atoms with E-state index in [4.69, 9.17) is 0 Å². The lowest BCUT2D eigenvalue weighted by Gasteiger charge is -2.15. The average molecular weight is 241 g/mol. The molecule has 1 unspecified atom stereocenters. The van der Waals surface area contributed by atoms with E-state index in [9.17, 15) is 0 Å². The molecule has 16 heavy (non-hydrogen) atoms. The van der Waals surface area contributed by atoms with Gasteiger partial charge in [0, 0.05) is 37.2 Å². The predicted octanol–water partition coefficient (Wildman–Crippen LogP) is 2.18. The molecule has 0 aliphatic carbocycles. The van der Waals surface area contributed by atoms with Crippen LogP contribution in [0.3, 0.4) is 0 Å². The van der Waals surface area contributed by atoms with Crippen LogP contribution in [-0.4, -0.2) is 34.1 Å². The van der Waals surface area contributed by atoms with Gasteiger partial charge in [0.25, 0.3) is 0 Å². The van der Waals surface area contributed by atoms with E-state index in [0.717, 1.165) is 13.0 Å².